The number of hydrogen-bond donors (Lipinski definition) is 1. The molecule has 0 aliphatic heterocycles. The SMILES string of the molecule is CC(C)CCSc1nc(N)c(C#N)c(-c2ccc(C(C)C)cc2)c1C#N. The average molecular weight is 365 g/mol. The van der Waals surface area contributed by atoms with Crippen LogP contribution in [0.4, 0.5) is 5.82 Å². The van der Waals surface area contributed by atoms with E-state index in [1.165, 1.54) is 17.3 Å². The quantitative estimate of drug-likeness (QED) is 0.699. The first-order valence-electron chi connectivity index (χ1n) is 8.75. The van der Waals surface area contributed by atoms with Crippen LogP contribution in [-0.4, -0.2) is 10.7 Å². The van der Waals surface area contributed by atoms with Crippen molar-refractivity contribution in [1.82, 2.24) is 4.98 Å². The predicted octanol–water partition coefficient (Wildman–Crippen LogP) is 5.34. The normalized spacial score (nSPS) is 10.8. The van der Waals surface area contributed by atoms with Gasteiger partial charge in [0.1, 0.15) is 28.5 Å². The van der Waals surface area contributed by atoms with E-state index in [1.807, 2.05) is 24.3 Å². The second-order valence-electron chi connectivity index (χ2n) is 6.96. The molecule has 0 aliphatic carbocycles. The number of pyridine rings is 1. The van der Waals surface area contributed by atoms with Crippen molar-refractivity contribution in [3.05, 3.63) is 41.0 Å². The number of thioether (sulfide) groups is 1. The number of anilines is 1. The molecule has 5 heteroatoms. The Hall–Kier alpha value is -2.50. The van der Waals surface area contributed by atoms with Crippen molar-refractivity contribution in [1.29, 1.82) is 10.5 Å². The number of benzene rings is 1. The van der Waals surface area contributed by atoms with Crippen LogP contribution in [-0.2, 0) is 0 Å². The summed E-state index contributed by atoms with van der Waals surface area (Å²) < 4.78 is 0. The van der Waals surface area contributed by atoms with Crippen LogP contribution in [0, 0.1) is 28.6 Å². The highest BCUT2D eigenvalue weighted by atomic mass is 32.2. The Morgan fingerprint density at radius 3 is 2.15 bits per heavy atom. The lowest BCUT2D eigenvalue weighted by Crippen LogP contribution is -2.04. The fourth-order valence-electron chi connectivity index (χ4n) is 2.62. The van der Waals surface area contributed by atoms with E-state index in [-0.39, 0.29) is 11.4 Å². The van der Waals surface area contributed by atoms with E-state index in [4.69, 9.17) is 5.73 Å². The Kier molecular flexibility index (Phi) is 6.66. The van der Waals surface area contributed by atoms with Crippen LogP contribution in [0.15, 0.2) is 29.3 Å². The molecule has 2 N–H and O–H groups in total. The van der Waals surface area contributed by atoms with E-state index in [2.05, 4.69) is 44.8 Å². The molecule has 0 fully saturated rings. The zero-order chi connectivity index (χ0) is 19.3. The zero-order valence-electron chi connectivity index (χ0n) is 15.7. The highest BCUT2D eigenvalue weighted by Crippen LogP contribution is 2.36. The molecule has 0 saturated carbocycles. The van der Waals surface area contributed by atoms with Gasteiger partial charge in [0.25, 0.3) is 0 Å². The van der Waals surface area contributed by atoms with Gasteiger partial charge in [-0.05, 0) is 35.1 Å². The van der Waals surface area contributed by atoms with Crippen LogP contribution in [0.1, 0.15) is 56.7 Å². The summed E-state index contributed by atoms with van der Waals surface area (Å²) >= 11 is 1.53. The summed E-state index contributed by atoms with van der Waals surface area (Å²) in [7, 11) is 0. The highest BCUT2D eigenvalue weighted by molar-refractivity contribution is 7.99. The van der Waals surface area contributed by atoms with E-state index in [0.717, 1.165) is 17.7 Å². The summed E-state index contributed by atoms with van der Waals surface area (Å²) in [5.74, 6) is 2.03. The molecule has 26 heavy (non-hydrogen) atoms. The molecular formula is C21H24N4S. The van der Waals surface area contributed by atoms with Gasteiger partial charge in [-0.2, -0.15) is 10.5 Å². The number of nitrogens with two attached hydrogens (primary N) is 1. The Morgan fingerprint density at radius 2 is 1.65 bits per heavy atom. The van der Waals surface area contributed by atoms with Gasteiger partial charge in [0.05, 0.1) is 5.56 Å². The lowest BCUT2D eigenvalue weighted by atomic mass is 9.94. The van der Waals surface area contributed by atoms with Gasteiger partial charge in [0.2, 0.25) is 0 Å². The van der Waals surface area contributed by atoms with Gasteiger partial charge in [0.15, 0.2) is 0 Å². The maximum atomic E-state index is 9.77. The minimum Gasteiger partial charge on any atom is -0.383 e. The minimum atomic E-state index is 0.182. The van der Waals surface area contributed by atoms with Crippen molar-refractivity contribution in [3.8, 4) is 23.3 Å². The molecule has 0 bridgehead atoms. The van der Waals surface area contributed by atoms with E-state index in [1.54, 1.807) is 0 Å². The maximum absolute atomic E-state index is 9.77. The zero-order valence-corrected chi connectivity index (χ0v) is 16.5. The van der Waals surface area contributed by atoms with Gasteiger partial charge in [0, 0.05) is 5.56 Å². The number of nitrogen functional groups attached to an aromatic ring is 1. The van der Waals surface area contributed by atoms with Crippen molar-refractivity contribution in [2.45, 2.75) is 45.1 Å². The highest BCUT2D eigenvalue weighted by Gasteiger charge is 2.20. The summed E-state index contributed by atoms with van der Waals surface area (Å²) in [5.41, 5.74) is 9.37. The summed E-state index contributed by atoms with van der Waals surface area (Å²) in [6, 6.07) is 12.3. The van der Waals surface area contributed by atoms with Crippen LogP contribution in [0.5, 0.6) is 0 Å². The second-order valence-corrected chi connectivity index (χ2v) is 8.04. The molecule has 0 aliphatic rings. The first-order valence-corrected chi connectivity index (χ1v) is 9.74. The molecule has 2 aromatic rings. The first-order chi connectivity index (χ1) is 12.4. The minimum absolute atomic E-state index is 0.182. The van der Waals surface area contributed by atoms with Crippen molar-refractivity contribution >= 4 is 17.6 Å². The number of nitrogens with zero attached hydrogens (tertiary/aromatic N) is 3. The van der Waals surface area contributed by atoms with Gasteiger partial charge >= 0.3 is 0 Å². The van der Waals surface area contributed by atoms with Crippen molar-refractivity contribution in [2.24, 2.45) is 5.92 Å². The molecule has 2 rings (SSSR count). The Balaban J connectivity index is 2.57. The fraction of sp³-hybridized carbons (Fsp3) is 0.381. The third-order valence-electron chi connectivity index (χ3n) is 4.22. The van der Waals surface area contributed by atoms with E-state index in [0.29, 0.717) is 28.0 Å². The molecule has 4 nitrogen and oxygen atoms in total. The third kappa shape index (κ3) is 4.36. The summed E-state index contributed by atoms with van der Waals surface area (Å²) in [6.45, 7) is 8.58. The van der Waals surface area contributed by atoms with Crippen molar-refractivity contribution < 1.29 is 0 Å². The van der Waals surface area contributed by atoms with Crippen LogP contribution in [0.2, 0.25) is 0 Å². The molecule has 0 radical (unpaired) electrons. The summed E-state index contributed by atoms with van der Waals surface area (Å²) in [6.07, 6.45) is 1.02. The molecule has 0 amide bonds. The van der Waals surface area contributed by atoms with Crippen LogP contribution in [0.25, 0.3) is 11.1 Å². The Bertz CT molecular complexity index is 856. The summed E-state index contributed by atoms with van der Waals surface area (Å²) in [5, 5.41) is 20.0. The van der Waals surface area contributed by atoms with Gasteiger partial charge in [-0.25, -0.2) is 4.98 Å². The van der Waals surface area contributed by atoms with Crippen LogP contribution in [0.3, 0.4) is 0 Å². The molecule has 1 aromatic heterocycles. The monoisotopic (exact) mass is 364 g/mol. The smallest absolute Gasteiger partial charge is 0.143 e. The van der Waals surface area contributed by atoms with Gasteiger partial charge in [-0.1, -0.05) is 52.0 Å². The molecule has 134 valence electrons. The lowest BCUT2D eigenvalue weighted by Gasteiger charge is -2.14. The van der Waals surface area contributed by atoms with E-state index < -0.39 is 0 Å². The van der Waals surface area contributed by atoms with Gasteiger partial charge < -0.3 is 5.73 Å². The number of hydrogen-bond acceptors (Lipinski definition) is 5. The van der Waals surface area contributed by atoms with Gasteiger partial charge in [-0.15, -0.1) is 11.8 Å². The summed E-state index contributed by atoms with van der Waals surface area (Å²) in [4.78, 5) is 4.34. The van der Waals surface area contributed by atoms with Gasteiger partial charge in [-0.3, -0.25) is 0 Å². The lowest BCUT2D eigenvalue weighted by molar-refractivity contribution is 0.632. The van der Waals surface area contributed by atoms with Crippen molar-refractivity contribution in [2.75, 3.05) is 11.5 Å². The molecule has 0 spiro atoms. The van der Waals surface area contributed by atoms with Crippen LogP contribution >= 0.6 is 11.8 Å². The average Bonchev–Trinajstić information content (AvgIpc) is 2.61. The molecule has 0 saturated heterocycles. The molecule has 0 atom stereocenters. The van der Waals surface area contributed by atoms with E-state index in [9.17, 15) is 10.5 Å². The Morgan fingerprint density at radius 1 is 1.04 bits per heavy atom. The first kappa shape index (κ1) is 19.8. The number of rotatable bonds is 6. The molecule has 0 unspecified atom stereocenters. The molecule has 1 aromatic carbocycles. The maximum Gasteiger partial charge on any atom is 0.143 e. The standard InChI is InChI=1S/C21H24N4S/c1-13(2)9-10-26-21-18(12-23)19(17(11-22)20(24)25-21)16-7-5-15(6-8-16)14(3)4/h5-8,13-14H,9-10H2,1-4H3,(H2,24,25). The third-order valence-corrected chi connectivity index (χ3v) is 5.22. The van der Waals surface area contributed by atoms with E-state index >= 15 is 0 Å². The number of aromatic nitrogens is 1. The largest absolute Gasteiger partial charge is 0.383 e. The predicted molar refractivity (Wildman–Crippen MR) is 108 cm³/mol. The Labute approximate surface area is 160 Å². The van der Waals surface area contributed by atoms with Crippen molar-refractivity contribution in [3.63, 3.8) is 0 Å². The van der Waals surface area contributed by atoms with Crippen LogP contribution < -0.4 is 5.73 Å². The topological polar surface area (TPSA) is 86.5 Å². The number of nitriles is 2. The fourth-order valence-corrected chi connectivity index (χ4v) is 3.85. The molecule has 1 heterocycles. The second kappa shape index (κ2) is 8.74. The molecular weight excluding hydrogens is 340 g/mol.